The summed E-state index contributed by atoms with van der Waals surface area (Å²) >= 11 is 5.90. The summed E-state index contributed by atoms with van der Waals surface area (Å²) in [5, 5.41) is 4.84. The lowest BCUT2D eigenvalue weighted by Gasteiger charge is -2.11. The first-order valence-corrected chi connectivity index (χ1v) is 8.62. The maximum absolute atomic E-state index is 12.9. The van der Waals surface area contributed by atoms with Crippen LogP contribution < -0.4 is 14.9 Å². The van der Waals surface area contributed by atoms with E-state index in [-0.39, 0.29) is 5.82 Å². The Labute approximate surface area is 162 Å². The van der Waals surface area contributed by atoms with Gasteiger partial charge in [-0.1, -0.05) is 23.7 Å². The van der Waals surface area contributed by atoms with E-state index >= 15 is 0 Å². The number of benzene rings is 3. The fourth-order valence-electron chi connectivity index (χ4n) is 2.33. The summed E-state index contributed by atoms with van der Waals surface area (Å²) in [6.45, 7) is 0.391. The summed E-state index contributed by atoms with van der Waals surface area (Å²) in [4.78, 5) is 0. The van der Waals surface area contributed by atoms with Gasteiger partial charge >= 0.3 is 0 Å². The van der Waals surface area contributed by atoms with Gasteiger partial charge in [0.1, 0.15) is 12.4 Å². The fraction of sp³-hybridized carbons (Fsp3) is 0.0952. The Balaban J connectivity index is 1.67. The van der Waals surface area contributed by atoms with E-state index in [0.717, 1.165) is 11.1 Å². The minimum absolute atomic E-state index is 0.290. The first-order valence-electron chi connectivity index (χ1n) is 8.24. The first-order chi connectivity index (χ1) is 13.1. The van der Waals surface area contributed by atoms with Crippen LogP contribution in [0.15, 0.2) is 71.8 Å². The quantitative estimate of drug-likeness (QED) is 0.431. The van der Waals surface area contributed by atoms with E-state index in [9.17, 15) is 4.39 Å². The highest BCUT2D eigenvalue weighted by Gasteiger charge is 2.06. The Morgan fingerprint density at radius 3 is 2.44 bits per heavy atom. The second kappa shape index (κ2) is 9.05. The predicted octanol–water partition coefficient (Wildman–Crippen LogP) is 5.51. The van der Waals surface area contributed by atoms with Crippen LogP contribution in [0.25, 0.3) is 0 Å². The molecule has 27 heavy (non-hydrogen) atoms. The zero-order valence-corrected chi connectivity index (χ0v) is 15.4. The molecule has 0 aromatic heterocycles. The van der Waals surface area contributed by atoms with Crippen molar-refractivity contribution in [2.24, 2.45) is 5.10 Å². The number of anilines is 1. The van der Waals surface area contributed by atoms with E-state index in [1.54, 1.807) is 25.5 Å². The van der Waals surface area contributed by atoms with Crippen molar-refractivity contribution in [3.8, 4) is 11.5 Å². The monoisotopic (exact) mass is 384 g/mol. The molecule has 0 atom stereocenters. The molecule has 4 nitrogen and oxygen atoms in total. The number of hydrogen-bond acceptors (Lipinski definition) is 4. The normalized spacial score (nSPS) is 10.8. The van der Waals surface area contributed by atoms with Crippen LogP contribution in [0, 0.1) is 5.82 Å². The molecule has 0 heterocycles. The zero-order valence-electron chi connectivity index (χ0n) is 14.7. The predicted molar refractivity (Wildman–Crippen MR) is 106 cm³/mol. The van der Waals surface area contributed by atoms with Gasteiger partial charge in [-0.05, 0) is 65.7 Å². The SMILES string of the molecule is COc1ccc(C=NNc2ccc(F)cc2)cc1OCc1ccc(Cl)cc1. The molecule has 0 aliphatic carbocycles. The molecular weight excluding hydrogens is 367 g/mol. The standard InChI is InChI=1S/C21H18ClFN2O2/c1-26-20-11-4-16(13-24-25-19-9-7-18(23)8-10-19)12-21(20)27-14-15-2-5-17(22)6-3-15/h2-13,25H,14H2,1H3. The number of methoxy groups -OCH3 is 1. The molecule has 1 N–H and O–H groups in total. The van der Waals surface area contributed by atoms with Crippen molar-refractivity contribution in [1.82, 2.24) is 0 Å². The average molecular weight is 385 g/mol. The Bertz CT molecular complexity index is 912. The van der Waals surface area contributed by atoms with E-state index < -0.39 is 0 Å². The molecule has 0 saturated heterocycles. The number of ether oxygens (including phenoxy) is 2. The van der Waals surface area contributed by atoms with Crippen LogP contribution in [0.1, 0.15) is 11.1 Å². The van der Waals surface area contributed by atoms with Gasteiger partial charge in [-0.3, -0.25) is 5.43 Å². The molecule has 0 fully saturated rings. The molecule has 0 amide bonds. The second-order valence-electron chi connectivity index (χ2n) is 5.70. The summed E-state index contributed by atoms with van der Waals surface area (Å²) in [6, 6.07) is 18.9. The van der Waals surface area contributed by atoms with Crippen molar-refractivity contribution >= 4 is 23.5 Å². The van der Waals surface area contributed by atoms with Gasteiger partial charge in [0.2, 0.25) is 0 Å². The maximum atomic E-state index is 12.9. The summed E-state index contributed by atoms with van der Waals surface area (Å²) in [5.41, 5.74) is 5.37. The van der Waals surface area contributed by atoms with E-state index in [0.29, 0.717) is 28.8 Å². The molecule has 0 radical (unpaired) electrons. The van der Waals surface area contributed by atoms with Gasteiger partial charge in [0.15, 0.2) is 11.5 Å². The second-order valence-corrected chi connectivity index (χ2v) is 6.14. The first kappa shape index (κ1) is 18.7. The van der Waals surface area contributed by atoms with Gasteiger partial charge in [-0.25, -0.2) is 4.39 Å². The molecule has 0 saturated carbocycles. The van der Waals surface area contributed by atoms with Crippen molar-refractivity contribution in [1.29, 1.82) is 0 Å². The number of nitrogens with one attached hydrogen (secondary N) is 1. The molecule has 0 bridgehead atoms. The molecule has 3 aromatic rings. The molecule has 138 valence electrons. The zero-order chi connectivity index (χ0) is 19.1. The highest BCUT2D eigenvalue weighted by molar-refractivity contribution is 6.30. The lowest BCUT2D eigenvalue weighted by Crippen LogP contribution is -1.99. The van der Waals surface area contributed by atoms with Crippen LogP contribution in [0.5, 0.6) is 11.5 Å². The summed E-state index contributed by atoms with van der Waals surface area (Å²) in [5.74, 6) is 0.952. The molecule has 3 aromatic carbocycles. The molecular formula is C21H18ClFN2O2. The van der Waals surface area contributed by atoms with E-state index in [4.69, 9.17) is 21.1 Å². The summed E-state index contributed by atoms with van der Waals surface area (Å²) in [6.07, 6.45) is 1.65. The molecule has 0 unspecified atom stereocenters. The van der Waals surface area contributed by atoms with Crippen molar-refractivity contribution in [3.63, 3.8) is 0 Å². The minimum atomic E-state index is -0.290. The van der Waals surface area contributed by atoms with Crippen LogP contribution >= 0.6 is 11.6 Å². The van der Waals surface area contributed by atoms with E-state index in [2.05, 4.69) is 10.5 Å². The Morgan fingerprint density at radius 2 is 1.74 bits per heavy atom. The van der Waals surface area contributed by atoms with Gasteiger partial charge in [0.25, 0.3) is 0 Å². The van der Waals surface area contributed by atoms with E-state index in [1.807, 2.05) is 42.5 Å². The number of rotatable bonds is 7. The lowest BCUT2D eigenvalue weighted by molar-refractivity contribution is 0.284. The summed E-state index contributed by atoms with van der Waals surface area (Å²) in [7, 11) is 1.59. The van der Waals surface area contributed by atoms with Crippen molar-refractivity contribution in [2.45, 2.75) is 6.61 Å². The van der Waals surface area contributed by atoms with Crippen molar-refractivity contribution in [3.05, 3.63) is 88.7 Å². The highest BCUT2D eigenvalue weighted by atomic mass is 35.5. The van der Waals surface area contributed by atoms with Crippen LogP contribution in [0.4, 0.5) is 10.1 Å². The van der Waals surface area contributed by atoms with Crippen molar-refractivity contribution in [2.75, 3.05) is 12.5 Å². The van der Waals surface area contributed by atoms with Crippen LogP contribution in [0.3, 0.4) is 0 Å². The topological polar surface area (TPSA) is 42.8 Å². The molecule has 3 rings (SSSR count). The largest absolute Gasteiger partial charge is 0.493 e. The van der Waals surface area contributed by atoms with Gasteiger partial charge < -0.3 is 9.47 Å². The molecule has 6 heteroatoms. The van der Waals surface area contributed by atoms with E-state index in [1.165, 1.54) is 12.1 Å². The lowest BCUT2D eigenvalue weighted by atomic mass is 10.2. The average Bonchev–Trinajstić information content (AvgIpc) is 2.69. The Hall–Kier alpha value is -3.05. The van der Waals surface area contributed by atoms with Gasteiger partial charge in [-0.15, -0.1) is 0 Å². The molecule has 0 aliphatic heterocycles. The van der Waals surface area contributed by atoms with Crippen molar-refractivity contribution < 1.29 is 13.9 Å². The maximum Gasteiger partial charge on any atom is 0.162 e. The van der Waals surface area contributed by atoms with Crippen LogP contribution in [-0.4, -0.2) is 13.3 Å². The number of nitrogens with zero attached hydrogens (tertiary/aromatic N) is 1. The van der Waals surface area contributed by atoms with Crippen LogP contribution in [-0.2, 0) is 6.61 Å². The minimum Gasteiger partial charge on any atom is -0.493 e. The smallest absolute Gasteiger partial charge is 0.162 e. The van der Waals surface area contributed by atoms with Gasteiger partial charge in [0.05, 0.1) is 19.0 Å². The summed E-state index contributed by atoms with van der Waals surface area (Å²) < 4.78 is 24.1. The van der Waals surface area contributed by atoms with Gasteiger partial charge in [0, 0.05) is 5.02 Å². The number of hydrogen-bond donors (Lipinski definition) is 1. The molecule has 0 aliphatic rings. The molecule has 0 spiro atoms. The number of halogens is 2. The third-order valence-electron chi connectivity index (χ3n) is 3.75. The Kier molecular flexibility index (Phi) is 6.28. The highest BCUT2D eigenvalue weighted by Crippen LogP contribution is 2.28. The third-order valence-corrected chi connectivity index (χ3v) is 4.00. The fourth-order valence-corrected chi connectivity index (χ4v) is 2.46. The number of hydrazone groups is 1. The van der Waals surface area contributed by atoms with Gasteiger partial charge in [-0.2, -0.15) is 5.10 Å². The third kappa shape index (κ3) is 5.46. The Morgan fingerprint density at radius 1 is 1.00 bits per heavy atom. The van der Waals surface area contributed by atoms with Crippen LogP contribution in [0.2, 0.25) is 5.02 Å².